The van der Waals surface area contributed by atoms with Crippen LogP contribution in [-0.4, -0.2) is 62.1 Å². The maximum Gasteiger partial charge on any atom is 0.249 e. The van der Waals surface area contributed by atoms with Crippen LogP contribution in [0.15, 0.2) is 60.7 Å². The van der Waals surface area contributed by atoms with Crippen LogP contribution < -0.4 is 0 Å². The fourth-order valence-electron chi connectivity index (χ4n) is 4.26. The number of likely N-dealkylation sites (tertiary alicyclic amines) is 1. The maximum atomic E-state index is 13.3. The van der Waals surface area contributed by atoms with E-state index in [2.05, 4.69) is 0 Å². The molecule has 0 N–H and O–H groups in total. The molecule has 1 aliphatic heterocycles. The summed E-state index contributed by atoms with van der Waals surface area (Å²) >= 11 is 0. The number of hydrogen-bond acceptors (Lipinski definition) is 6. The number of hydrogen-bond donors (Lipinski definition) is 0. The van der Waals surface area contributed by atoms with Gasteiger partial charge in [0.2, 0.25) is 26.0 Å². The van der Waals surface area contributed by atoms with Gasteiger partial charge in [-0.05, 0) is 24.0 Å². The zero-order chi connectivity index (χ0) is 22.9. The van der Waals surface area contributed by atoms with Crippen molar-refractivity contribution in [2.45, 2.75) is 25.4 Å². The number of hydrazine groups is 1. The highest BCUT2D eigenvalue weighted by atomic mass is 32.2. The zero-order valence-electron chi connectivity index (χ0n) is 17.8. The van der Waals surface area contributed by atoms with Crippen molar-refractivity contribution >= 4 is 26.0 Å². The normalized spacial score (nSPS) is 15.9. The average molecular weight is 466 g/mol. The molecule has 168 valence electrons. The van der Waals surface area contributed by atoms with E-state index in [1.165, 1.54) is 0 Å². The van der Waals surface area contributed by atoms with E-state index in [4.69, 9.17) is 0 Å². The van der Waals surface area contributed by atoms with E-state index in [0.29, 0.717) is 28.6 Å². The maximum absolute atomic E-state index is 13.3. The Kier molecular flexibility index (Phi) is 6.56. The molecule has 0 spiro atoms. The average Bonchev–Trinajstić information content (AvgIpc) is 3.22. The summed E-state index contributed by atoms with van der Waals surface area (Å²) in [5.74, 6) is -0.914. The number of benzene rings is 2. The molecule has 1 heterocycles. The second kappa shape index (κ2) is 8.70. The third-order valence-electron chi connectivity index (χ3n) is 5.26. The van der Waals surface area contributed by atoms with E-state index in [-0.39, 0.29) is 0 Å². The van der Waals surface area contributed by atoms with Crippen molar-refractivity contribution in [1.82, 2.24) is 13.7 Å². The molecule has 8 nitrogen and oxygen atoms in total. The number of sulfonamides is 2. The highest BCUT2D eigenvalue weighted by molar-refractivity contribution is 7.91. The first-order valence-electron chi connectivity index (χ1n) is 9.88. The molecular formula is C21H27N3O5S2. The van der Waals surface area contributed by atoms with Crippen molar-refractivity contribution in [2.75, 3.05) is 25.6 Å². The van der Waals surface area contributed by atoms with Gasteiger partial charge in [-0.2, -0.15) is 0 Å². The molecule has 2 aromatic rings. The topological polar surface area (TPSA) is 95.1 Å². The Labute approximate surface area is 184 Å². The Bertz CT molecular complexity index is 1090. The first-order valence-corrected chi connectivity index (χ1v) is 13.6. The molecule has 1 amide bonds. The van der Waals surface area contributed by atoms with Crippen LogP contribution in [-0.2, 0) is 30.5 Å². The third kappa shape index (κ3) is 4.38. The van der Waals surface area contributed by atoms with Crippen LogP contribution in [0.1, 0.15) is 30.9 Å². The minimum Gasteiger partial charge on any atom is -0.275 e. The van der Waals surface area contributed by atoms with E-state index in [0.717, 1.165) is 36.7 Å². The fraction of sp³-hybridized carbons (Fsp3) is 0.381. The molecule has 0 radical (unpaired) electrons. The van der Waals surface area contributed by atoms with Gasteiger partial charge in [-0.1, -0.05) is 65.1 Å². The molecule has 0 bridgehead atoms. The quantitative estimate of drug-likeness (QED) is 0.580. The lowest BCUT2D eigenvalue weighted by atomic mass is 9.90. The lowest BCUT2D eigenvalue weighted by molar-refractivity contribution is -0.139. The van der Waals surface area contributed by atoms with Crippen molar-refractivity contribution < 1.29 is 21.6 Å². The standard InChI is InChI=1S/C21H27N3O5S2/c1-18(25)23(30(2,26)27)24(31(3,28)29)21(22-16-10-11-17-22,19-12-6-4-7-13-19)20-14-8-5-9-15-20/h4-9,12-15H,10-11,16-17H2,1-3H3. The second-order valence-electron chi connectivity index (χ2n) is 7.63. The van der Waals surface area contributed by atoms with Crippen LogP contribution in [0, 0.1) is 0 Å². The smallest absolute Gasteiger partial charge is 0.249 e. The molecule has 1 saturated heterocycles. The van der Waals surface area contributed by atoms with Gasteiger partial charge in [0.15, 0.2) is 5.66 Å². The van der Waals surface area contributed by atoms with Crippen molar-refractivity contribution in [1.29, 1.82) is 0 Å². The Morgan fingerprint density at radius 1 is 0.806 bits per heavy atom. The Morgan fingerprint density at radius 3 is 1.55 bits per heavy atom. The van der Waals surface area contributed by atoms with Crippen LogP contribution >= 0.6 is 0 Å². The minimum atomic E-state index is -4.27. The van der Waals surface area contributed by atoms with E-state index < -0.39 is 31.6 Å². The molecule has 31 heavy (non-hydrogen) atoms. The van der Waals surface area contributed by atoms with Gasteiger partial charge in [-0.25, -0.2) is 16.8 Å². The largest absolute Gasteiger partial charge is 0.275 e. The molecule has 1 fully saturated rings. The monoisotopic (exact) mass is 465 g/mol. The molecule has 10 heteroatoms. The van der Waals surface area contributed by atoms with Crippen LogP contribution in [0.3, 0.4) is 0 Å². The second-order valence-corrected chi connectivity index (χ2v) is 11.3. The van der Waals surface area contributed by atoms with Crippen molar-refractivity contribution in [3.8, 4) is 0 Å². The number of carbonyl (C=O) groups is 1. The molecule has 0 unspecified atom stereocenters. The summed E-state index contributed by atoms with van der Waals surface area (Å²) in [5, 5.41) is 0. The number of rotatable bonds is 7. The number of carbonyl (C=O) groups excluding carboxylic acids is 1. The van der Waals surface area contributed by atoms with E-state index in [1.54, 1.807) is 60.7 Å². The predicted molar refractivity (Wildman–Crippen MR) is 119 cm³/mol. The molecule has 0 aromatic heterocycles. The minimum absolute atomic E-state index is 0.376. The Morgan fingerprint density at radius 2 is 1.23 bits per heavy atom. The van der Waals surface area contributed by atoms with Crippen LogP contribution in [0.2, 0.25) is 0 Å². The highest BCUT2D eigenvalue weighted by Crippen LogP contribution is 2.44. The first-order chi connectivity index (χ1) is 14.5. The number of amides is 1. The van der Waals surface area contributed by atoms with Crippen molar-refractivity contribution in [2.24, 2.45) is 0 Å². The van der Waals surface area contributed by atoms with Crippen LogP contribution in [0.25, 0.3) is 0 Å². The summed E-state index contributed by atoms with van der Waals surface area (Å²) in [4.78, 5) is 14.6. The lowest BCUT2D eigenvalue weighted by Gasteiger charge is -2.50. The first kappa shape index (κ1) is 23.4. The van der Waals surface area contributed by atoms with Gasteiger partial charge in [-0.15, -0.1) is 4.41 Å². The van der Waals surface area contributed by atoms with Gasteiger partial charge in [0.1, 0.15) is 0 Å². The van der Waals surface area contributed by atoms with Gasteiger partial charge >= 0.3 is 0 Å². The molecule has 0 saturated carbocycles. The fourth-order valence-corrected chi connectivity index (χ4v) is 7.03. The lowest BCUT2D eigenvalue weighted by Crippen LogP contribution is -2.66. The Hall–Kier alpha value is -2.27. The molecular weight excluding hydrogens is 438 g/mol. The van der Waals surface area contributed by atoms with E-state index in [9.17, 15) is 21.6 Å². The summed E-state index contributed by atoms with van der Waals surface area (Å²) in [6, 6.07) is 17.7. The zero-order valence-corrected chi connectivity index (χ0v) is 19.4. The van der Waals surface area contributed by atoms with Gasteiger partial charge in [-0.3, -0.25) is 9.69 Å². The van der Waals surface area contributed by atoms with Gasteiger partial charge in [0.05, 0.1) is 12.5 Å². The van der Waals surface area contributed by atoms with Crippen molar-refractivity contribution in [3.05, 3.63) is 71.8 Å². The molecule has 0 atom stereocenters. The summed E-state index contributed by atoms with van der Waals surface area (Å²) in [6.45, 7) is 2.11. The summed E-state index contributed by atoms with van der Waals surface area (Å²) in [7, 11) is -8.54. The van der Waals surface area contributed by atoms with E-state index in [1.807, 2.05) is 4.90 Å². The molecule has 2 aromatic carbocycles. The molecule has 1 aliphatic rings. The SMILES string of the molecule is CC(=O)N(N(C(c1ccccc1)(c1ccccc1)N1CCCC1)S(C)(=O)=O)S(C)(=O)=O. The molecule has 0 aliphatic carbocycles. The third-order valence-corrected chi connectivity index (χ3v) is 7.46. The van der Waals surface area contributed by atoms with Gasteiger partial charge in [0.25, 0.3) is 0 Å². The van der Waals surface area contributed by atoms with E-state index >= 15 is 0 Å². The highest BCUT2D eigenvalue weighted by Gasteiger charge is 2.55. The molecule has 3 rings (SSSR count). The van der Waals surface area contributed by atoms with Crippen LogP contribution in [0.4, 0.5) is 0 Å². The predicted octanol–water partition coefficient (Wildman–Crippen LogP) is 1.97. The van der Waals surface area contributed by atoms with Gasteiger partial charge < -0.3 is 0 Å². The van der Waals surface area contributed by atoms with Gasteiger partial charge in [0, 0.05) is 20.0 Å². The number of nitrogens with zero attached hydrogens (tertiary/aromatic N) is 3. The summed E-state index contributed by atoms with van der Waals surface area (Å²) in [6.07, 6.45) is 3.39. The van der Waals surface area contributed by atoms with Crippen molar-refractivity contribution in [3.63, 3.8) is 0 Å². The Balaban J connectivity index is 2.52. The van der Waals surface area contributed by atoms with Crippen LogP contribution in [0.5, 0.6) is 0 Å². The summed E-state index contributed by atoms with van der Waals surface area (Å²) < 4.78 is 53.3. The summed E-state index contributed by atoms with van der Waals surface area (Å²) in [5.41, 5.74) is -0.478.